The first-order chi connectivity index (χ1) is 33.7. The van der Waals surface area contributed by atoms with Crippen molar-refractivity contribution in [1.82, 2.24) is 0 Å². The van der Waals surface area contributed by atoms with Crippen molar-refractivity contribution < 1.29 is 114 Å². The molecule has 0 aliphatic rings. The molecule has 3 atom stereocenters. The number of carbonyl (C=O) groups is 12. The van der Waals surface area contributed by atoms with E-state index in [0.717, 1.165) is 0 Å². The Bertz CT molecular complexity index is 1650. The van der Waals surface area contributed by atoms with Crippen LogP contribution in [0.5, 0.6) is 0 Å². The summed E-state index contributed by atoms with van der Waals surface area (Å²) in [6.45, 7) is 5.00. The van der Waals surface area contributed by atoms with Crippen LogP contribution in [0.4, 0.5) is 0 Å². The highest BCUT2D eigenvalue weighted by atomic mass is 16.6. The molecule has 0 aromatic rings. The van der Waals surface area contributed by atoms with Crippen molar-refractivity contribution in [1.29, 1.82) is 0 Å². The lowest BCUT2D eigenvalue weighted by Crippen LogP contribution is -2.42. The Kier molecular flexibility index (Phi) is 38.1. The first-order valence-electron chi connectivity index (χ1n) is 23.1. The standard InChI is InChI=1S/C47H72O24/c1-32(48)21-42(54)66-15-9-60-8-7-38(27-61-10-16-67-43(55)22-33(2)49)40(30-64-13-19-70-46(58)25-36(5)52)41(31-65-14-20-71-47(59)26-37(6)53)39(28-62-11-17-68-44(56)23-34(3)50)29-63-12-18-69-45(57)24-35(4)51/h38-41H,7-31H2,1-6H3. The molecule has 0 aliphatic carbocycles. The van der Waals surface area contributed by atoms with Crippen molar-refractivity contribution in [3.63, 3.8) is 0 Å². The van der Waals surface area contributed by atoms with E-state index < -0.39 is 127 Å². The molecule has 0 saturated carbocycles. The maximum atomic E-state index is 12.1. The average molecular weight is 1020 g/mol. The van der Waals surface area contributed by atoms with E-state index in [4.69, 9.17) is 56.8 Å². The molecule has 24 nitrogen and oxygen atoms in total. The summed E-state index contributed by atoms with van der Waals surface area (Å²) >= 11 is 0. The molecule has 0 fully saturated rings. The van der Waals surface area contributed by atoms with Gasteiger partial charge in [0.2, 0.25) is 0 Å². The number of ether oxygens (including phenoxy) is 12. The summed E-state index contributed by atoms with van der Waals surface area (Å²) in [7, 11) is 0. The topological polar surface area (TPSA) is 316 Å². The number of hydrogen-bond donors (Lipinski definition) is 0. The van der Waals surface area contributed by atoms with E-state index in [2.05, 4.69) is 0 Å². The zero-order valence-electron chi connectivity index (χ0n) is 41.8. The number of esters is 6. The van der Waals surface area contributed by atoms with Gasteiger partial charge in [0.1, 0.15) is 113 Å². The largest absolute Gasteiger partial charge is 0.463 e. The summed E-state index contributed by atoms with van der Waals surface area (Å²) in [4.78, 5) is 141. The minimum Gasteiger partial charge on any atom is -0.463 e. The summed E-state index contributed by atoms with van der Waals surface area (Å²) in [6, 6.07) is 0. The third kappa shape index (κ3) is 40.0. The van der Waals surface area contributed by atoms with Crippen molar-refractivity contribution >= 4 is 70.5 Å². The molecule has 0 aromatic carbocycles. The van der Waals surface area contributed by atoms with Crippen molar-refractivity contribution in [3.05, 3.63) is 0 Å². The third-order valence-electron chi connectivity index (χ3n) is 9.31. The van der Waals surface area contributed by atoms with Crippen LogP contribution in [0.2, 0.25) is 0 Å². The van der Waals surface area contributed by atoms with Gasteiger partial charge < -0.3 is 56.8 Å². The molecular weight excluding hydrogens is 948 g/mol. The number of rotatable bonds is 46. The Labute approximate surface area is 413 Å². The highest BCUT2D eigenvalue weighted by Gasteiger charge is 2.36. The van der Waals surface area contributed by atoms with Crippen LogP contribution in [0.15, 0.2) is 0 Å². The Hall–Kier alpha value is -5.40. The van der Waals surface area contributed by atoms with Crippen LogP contribution >= 0.6 is 0 Å². The maximum absolute atomic E-state index is 12.1. The van der Waals surface area contributed by atoms with Gasteiger partial charge in [-0.25, -0.2) is 0 Å². The smallest absolute Gasteiger partial charge is 0.313 e. The van der Waals surface area contributed by atoms with E-state index in [1.165, 1.54) is 41.5 Å². The molecule has 0 amide bonds. The molecule has 0 N–H and O–H groups in total. The molecule has 24 heteroatoms. The molecule has 0 saturated heterocycles. The van der Waals surface area contributed by atoms with Gasteiger partial charge in [0.15, 0.2) is 0 Å². The number of ketones is 6. The predicted molar refractivity (Wildman–Crippen MR) is 241 cm³/mol. The minimum atomic E-state index is -0.765. The Morgan fingerprint density at radius 2 is 0.465 bits per heavy atom. The fourth-order valence-electron chi connectivity index (χ4n) is 6.23. The van der Waals surface area contributed by atoms with Gasteiger partial charge in [-0.05, 0) is 65.7 Å². The predicted octanol–water partition coefficient (Wildman–Crippen LogP) is 1.07. The maximum Gasteiger partial charge on any atom is 0.313 e. The average Bonchev–Trinajstić information content (AvgIpc) is 3.24. The number of carbonyl (C=O) groups excluding carboxylic acids is 12. The summed E-state index contributed by atoms with van der Waals surface area (Å²) in [5.41, 5.74) is 0. The molecule has 0 heterocycles. The molecule has 0 aromatic heterocycles. The summed E-state index contributed by atoms with van der Waals surface area (Å²) < 4.78 is 66.8. The van der Waals surface area contributed by atoms with Gasteiger partial charge in [-0.2, -0.15) is 0 Å². The third-order valence-corrected chi connectivity index (χ3v) is 9.31. The Morgan fingerprint density at radius 1 is 0.254 bits per heavy atom. The summed E-state index contributed by atoms with van der Waals surface area (Å²) in [6.07, 6.45) is -2.38. The fourth-order valence-corrected chi connectivity index (χ4v) is 6.23. The molecular formula is C47H72O24. The molecule has 0 rings (SSSR count). The normalized spacial score (nSPS) is 12.2. The van der Waals surface area contributed by atoms with E-state index in [1.807, 2.05) is 0 Å². The molecule has 3 unspecified atom stereocenters. The van der Waals surface area contributed by atoms with Gasteiger partial charge >= 0.3 is 35.8 Å². The molecule has 0 bridgehead atoms. The van der Waals surface area contributed by atoms with Gasteiger partial charge in [-0.15, -0.1) is 0 Å². The molecule has 404 valence electrons. The molecule has 0 spiro atoms. The van der Waals surface area contributed by atoms with E-state index >= 15 is 0 Å². The van der Waals surface area contributed by atoms with Crippen LogP contribution in [0.3, 0.4) is 0 Å². The van der Waals surface area contributed by atoms with Crippen LogP contribution in [-0.2, 0) is 114 Å². The van der Waals surface area contributed by atoms with Crippen LogP contribution in [-0.4, -0.2) is 189 Å². The second-order valence-electron chi connectivity index (χ2n) is 16.2. The zero-order chi connectivity index (χ0) is 53.4. The van der Waals surface area contributed by atoms with Crippen LogP contribution in [0.25, 0.3) is 0 Å². The second kappa shape index (κ2) is 41.2. The van der Waals surface area contributed by atoms with E-state index in [9.17, 15) is 57.5 Å². The first-order valence-corrected chi connectivity index (χ1v) is 23.1. The lowest BCUT2D eigenvalue weighted by Gasteiger charge is -2.38. The highest BCUT2D eigenvalue weighted by molar-refractivity contribution is 5.96. The fraction of sp³-hybridized carbons (Fsp3) is 0.745. The highest BCUT2D eigenvalue weighted by Crippen LogP contribution is 2.32. The van der Waals surface area contributed by atoms with E-state index in [0.29, 0.717) is 0 Å². The van der Waals surface area contributed by atoms with Gasteiger partial charge in [-0.3, -0.25) is 57.5 Å². The molecule has 71 heavy (non-hydrogen) atoms. The van der Waals surface area contributed by atoms with Gasteiger partial charge in [0.05, 0.1) is 72.7 Å². The quantitative estimate of drug-likeness (QED) is 0.0356. The number of Topliss-reactive ketones (excluding diaryl/α,β-unsaturated/α-hetero) is 6. The van der Waals surface area contributed by atoms with Crippen molar-refractivity contribution in [2.24, 2.45) is 23.7 Å². The van der Waals surface area contributed by atoms with Gasteiger partial charge in [0.25, 0.3) is 0 Å². The van der Waals surface area contributed by atoms with Crippen molar-refractivity contribution in [2.75, 3.05) is 119 Å². The molecule has 0 radical (unpaired) electrons. The van der Waals surface area contributed by atoms with E-state index in [1.54, 1.807) is 0 Å². The lowest BCUT2D eigenvalue weighted by molar-refractivity contribution is -0.151. The monoisotopic (exact) mass is 1020 g/mol. The summed E-state index contributed by atoms with van der Waals surface area (Å²) in [5.74, 6) is -9.41. The first kappa shape index (κ1) is 65.6. The van der Waals surface area contributed by atoms with E-state index in [-0.39, 0.29) is 131 Å². The summed E-state index contributed by atoms with van der Waals surface area (Å²) in [5, 5.41) is 0. The van der Waals surface area contributed by atoms with Crippen molar-refractivity contribution in [2.45, 2.75) is 86.5 Å². The lowest BCUT2D eigenvalue weighted by atomic mass is 9.75. The molecule has 0 aliphatic heterocycles. The second-order valence-corrected chi connectivity index (χ2v) is 16.2. The minimum absolute atomic E-state index is 0.0413. The van der Waals surface area contributed by atoms with Crippen molar-refractivity contribution in [3.8, 4) is 0 Å². The van der Waals surface area contributed by atoms with Gasteiger partial charge in [0, 0.05) is 12.5 Å². The van der Waals surface area contributed by atoms with Gasteiger partial charge in [-0.1, -0.05) is 0 Å². The Balaban J connectivity index is 7.03. The van der Waals surface area contributed by atoms with Crippen LogP contribution in [0, 0.1) is 23.7 Å². The van der Waals surface area contributed by atoms with Crippen LogP contribution in [0.1, 0.15) is 86.5 Å². The zero-order valence-corrected chi connectivity index (χ0v) is 41.8. The number of hydrogen-bond acceptors (Lipinski definition) is 24. The SMILES string of the molecule is CC(=O)CC(=O)OCCOCCC(COCCOC(=O)CC(C)=O)C(COCCOC(=O)CC(C)=O)C(COCCOC(=O)CC(C)=O)C(COCCOC(=O)CC(C)=O)COCCOC(=O)CC(C)=O. The van der Waals surface area contributed by atoms with Crippen LogP contribution < -0.4 is 0 Å². The Morgan fingerprint density at radius 3 is 0.718 bits per heavy atom.